The van der Waals surface area contributed by atoms with Crippen molar-refractivity contribution >= 4 is 23.7 Å². The normalized spacial score (nSPS) is 10.9. The number of hydrogen-bond donors (Lipinski definition) is 1. The summed E-state index contributed by atoms with van der Waals surface area (Å²) in [6.07, 6.45) is 1.02. The van der Waals surface area contributed by atoms with Gasteiger partial charge in [-0.05, 0) is 12.1 Å². The fourth-order valence-electron chi connectivity index (χ4n) is 1.06. The first kappa shape index (κ1) is 14.1. The topological polar surface area (TPSA) is 72.8 Å². The molecule has 18 heavy (non-hydrogen) atoms. The molecular formula is C12H12O5S. The summed E-state index contributed by atoms with van der Waals surface area (Å²) >= 11 is 0.927. The third kappa shape index (κ3) is 3.81. The molecular weight excluding hydrogens is 256 g/mol. The van der Waals surface area contributed by atoms with E-state index in [0.29, 0.717) is 4.90 Å². The molecule has 1 aromatic carbocycles. The van der Waals surface area contributed by atoms with Gasteiger partial charge in [-0.3, -0.25) is 0 Å². The Morgan fingerprint density at radius 2 is 1.89 bits per heavy atom. The van der Waals surface area contributed by atoms with Crippen LogP contribution in [0.4, 0.5) is 0 Å². The van der Waals surface area contributed by atoms with Gasteiger partial charge in [-0.2, -0.15) is 0 Å². The third-order valence-corrected chi connectivity index (χ3v) is 2.99. The number of hydrogen-bond acceptors (Lipinski definition) is 6. The summed E-state index contributed by atoms with van der Waals surface area (Å²) < 4.78 is 9.00. The maximum atomic E-state index is 11.5. The molecule has 0 aliphatic carbocycles. The Kier molecular flexibility index (Phi) is 5.26. The SMILES string of the molecule is COC(=O)C=C(Sc1ccccc1O)C(=O)OC. The Morgan fingerprint density at radius 1 is 1.22 bits per heavy atom. The summed E-state index contributed by atoms with van der Waals surface area (Å²) in [6.45, 7) is 0. The third-order valence-electron chi connectivity index (χ3n) is 1.92. The van der Waals surface area contributed by atoms with Crippen molar-refractivity contribution in [1.29, 1.82) is 0 Å². The molecule has 0 aromatic heterocycles. The van der Waals surface area contributed by atoms with Crippen molar-refractivity contribution in [1.82, 2.24) is 0 Å². The van der Waals surface area contributed by atoms with Crippen molar-refractivity contribution in [2.45, 2.75) is 4.90 Å². The van der Waals surface area contributed by atoms with Gasteiger partial charge < -0.3 is 14.6 Å². The second kappa shape index (κ2) is 6.70. The number of carbonyl (C=O) groups excluding carboxylic acids is 2. The molecule has 0 saturated heterocycles. The maximum Gasteiger partial charge on any atom is 0.344 e. The first-order chi connectivity index (χ1) is 8.58. The molecule has 0 amide bonds. The lowest BCUT2D eigenvalue weighted by Crippen LogP contribution is -2.05. The second-order valence-corrected chi connectivity index (χ2v) is 4.18. The van der Waals surface area contributed by atoms with E-state index in [-0.39, 0.29) is 10.7 Å². The summed E-state index contributed by atoms with van der Waals surface area (Å²) in [7, 11) is 2.41. The molecule has 1 aromatic rings. The lowest BCUT2D eigenvalue weighted by Gasteiger charge is -2.06. The molecule has 5 nitrogen and oxygen atoms in total. The minimum Gasteiger partial charge on any atom is -0.507 e. The van der Waals surface area contributed by atoms with Crippen LogP contribution in [0, 0.1) is 0 Å². The highest BCUT2D eigenvalue weighted by Gasteiger charge is 2.15. The Morgan fingerprint density at radius 3 is 2.44 bits per heavy atom. The molecule has 1 N–H and O–H groups in total. The second-order valence-electron chi connectivity index (χ2n) is 3.09. The number of benzene rings is 1. The summed E-state index contributed by atoms with van der Waals surface area (Å²) in [5.74, 6) is -1.32. The molecule has 0 saturated carbocycles. The highest BCUT2D eigenvalue weighted by molar-refractivity contribution is 8.04. The number of phenols is 1. The minimum absolute atomic E-state index is 0.0159. The quantitative estimate of drug-likeness (QED) is 0.509. The Hall–Kier alpha value is -1.95. The van der Waals surface area contributed by atoms with Crippen LogP contribution in [0.2, 0.25) is 0 Å². The van der Waals surface area contributed by atoms with Crippen molar-refractivity contribution in [2.75, 3.05) is 14.2 Å². The molecule has 0 fully saturated rings. The monoisotopic (exact) mass is 268 g/mol. The van der Waals surface area contributed by atoms with Gasteiger partial charge in [0, 0.05) is 6.08 Å². The van der Waals surface area contributed by atoms with E-state index in [2.05, 4.69) is 9.47 Å². The van der Waals surface area contributed by atoms with Gasteiger partial charge in [-0.25, -0.2) is 9.59 Å². The summed E-state index contributed by atoms with van der Waals surface area (Å²) in [4.78, 5) is 23.1. The molecule has 0 bridgehead atoms. The van der Waals surface area contributed by atoms with Gasteiger partial charge in [-0.15, -0.1) is 0 Å². The van der Waals surface area contributed by atoms with E-state index >= 15 is 0 Å². The van der Waals surface area contributed by atoms with Crippen molar-refractivity contribution in [2.24, 2.45) is 0 Å². The first-order valence-electron chi connectivity index (χ1n) is 4.92. The number of para-hydroxylation sites is 1. The van der Waals surface area contributed by atoms with Crippen molar-refractivity contribution < 1.29 is 24.2 Å². The van der Waals surface area contributed by atoms with Gasteiger partial charge >= 0.3 is 11.9 Å². The number of aromatic hydroxyl groups is 1. The van der Waals surface area contributed by atoms with Crippen LogP contribution in [-0.2, 0) is 19.1 Å². The molecule has 0 atom stereocenters. The van der Waals surface area contributed by atoms with E-state index in [0.717, 1.165) is 17.8 Å². The first-order valence-corrected chi connectivity index (χ1v) is 5.74. The summed E-state index contributed by atoms with van der Waals surface area (Å²) in [5.41, 5.74) is 0. The van der Waals surface area contributed by atoms with Gasteiger partial charge in [0.1, 0.15) is 10.7 Å². The average Bonchev–Trinajstić information content (AvgIpc) is 2.39. The van der Waals surface area contributed by atoms with Gasteiger partial charge in [0.15, 0.2) is 0 Å². The van der Waals surface area contributed by atoms with Crippen molar-refractivity contribution in [3.8, 4) is 5.75 Å². The molecule has 0 heterocycles. The van der Waals surface area contributed by atoms with Gasteiger partial charge in [0.2, 0.25) is 0 Å². The number of thioether (sulfide) groups is 1. The Balaban J connectivity index is 3.00. The number of methoxy groups -OCH3 is 2. The molecule has 6 heteroatoms. The smallest absolute Gasteiger partial charge is 0.344 e. The van der Waals surface area contributed by atoms with Gasteiger partial charge in [0.25, 0.3) is 0 Å². The number of rotatable bonds is 4. The molecule has 0 aliphatic heterocycles. The van der Waals surface area contributed by atoms with E-state index in [1.807, 2.05) is 0 Å². The van der Waals surface area contributed by atoms with Crippen LogP contribution in [0.3, 0.4) is 0 Å². The van der Waals surface area contributed by atoms with Crippen LogP contribution in [0.15, 0.2) is 40.1 Å². The molecule has 0 aliphatic rings. The molecule has 0 spiro atoms. The average molecular weight is 268 g/mol. The fraction of sp³-hybridized carbons (Fsp3) is 0.167. The number of ether oxygens (including phenoxy) is 2. The maximum absolute atomic E-state index is 11.5. The number of carbonyl (C=O) groups is 2. The molecule has 96 valence electrons. The molecule has 1 rings (SSSR count). The molecule has 0 unspecified atom stereocenters. The van der Waals surface area contributed by atoms with E-state index < -0.39 is 11.9 Å². The molecule has 0 radical (unpaired) electrons. The zero-order valence-electron chi connectivity index (χ0n) is 9.88. The zero-order valence-corrected chi connectivity index (χ0v) is 10.7. The highest BCUT2D eigenvalue weighted by atomic mass is 32.2. The predicted molar refractivity (Wildman–Crippen MR) is 66.1 cm³/mol. The Bertz CT molecular complexity index is 481. The van der Waals surface area contributed by atoms with Crippen molar-refractivity contribution in [3.63, 3.8) is 0 Å². The van der Waals surface area contributed by atoms with Crippen LogP contribution in [0.5, 0.6) is 5.75 Å². The Labute approximate surface area is 108 Å². The number of esters is 2. The van der Waals surface area contributed by atoms with Gasteiger partial charge in [0.05, 0.1) is 19.1 Å². The van der Waals surface area contributed by atoms with E-state index in [4.69, 9.17) is 0 Å². The number of phenolic OH excluding ortho intramolecular Hbond substituents is 1. The standard InChI is InChI=1S/C12H12O5S/c1-16-11(14)7-10(12(15)17-2)18-9-6-4-3-5-8(9)13/h3-7,13H,1-2H3. The summed E-state index contributed by atoms with van der Waals surface area (Å²) in [5, 5.41) is 9.59. The van der Waals surface area contributed by atoms with Crippen molar-refractivity contribution in [3.05, 3.63) is 35.2 Å². The predicted octanol–water partition coefficient (Wildman–Crippen LogP) is 1.71. The van der Waals surface area contributed by atoms with Crippen LogP contribution in [0.1, 0.15) is 0 Å². The van der Waals surface area contributed by atoms with Gasteiger partial charge in [-0.1, -0.05) is 23.9 Å². The zero-order chi connectivity index (χ0) is 13.5. The largest absolute Gasteiger partial charge is 0.507 e. The summed E-state index contributed by atoms with van der Waals surface area (Å²) in [6, 6.07) is 6.46. The lowest BCUT2D eigenvalue weighted by molar-refractivity contribution is -0.137. The van der Waals surface area contributed by atoms with Crippen LogP contribution in [-0.4, -0.2) is 31.3 Å². The van der Waals surface area contributed by atoms with E-state index in [9.17, 15) is 14.7 Å². The van der Waals surface area contributed by atoms with Crippen LogP contribution >= 0.6 is 11.8 Å². The highest BCUT2D eigenvalue weighted by Crippen LogP contribution is 2.33. The van der Waals surface area contributed by atoms with Crippen LogP contribution in [0.25, 0.3) is 0 Å². The van der Waals surface area contributed by atoms with Crippen LogP contribution < -0.4 is 0 Å². The fourth-order valence-corrected chi connectivity index (χ4v) is 1.94. The minimum atomic E-state index is -0.673. The van der Waals surface area contributed by atoms with E-state index in [1.165, 1.54) is 20.3 Å². The lowest BCUT2D eigenvalue weighted by atomic mass is 10.3. The van der Waals surface area contributed by atoms with E-state index in [1.54, 1.807) is 18.2 Å².